The highest BCUT2D eigenvalue weighted by atomic mass is 16.1. The van der Waals surface area contributed by atoms with Crippen LogP contribution in [0.5, 0.6) is 0 Å². The van der Waals surface area contributed by atoms with Gasteiger partial charge in [0.1, 0.15) is 11.6 Å². The van der Waals surface area contributed by atoms with Gasteiger partial charge in [0.2, 0.25) is 5.91 Å². The first-order valence-electron chi connectivity index (χ1n) is 12.4. The van der Waals surface area contributed by atoms with Crippen LogP contribution in [0.3, 0.4) is 0 Å². The number of hydrogen-bond acceptors (Lipinski definition) is 6. The summed E-state index contributed by atoms with van der Waals surface area (Å²) in [6.07, 6.45) is 8.28. The molecule has 34 heavy (non-hydrogen) atoms. The van der Waals surface area contributed by atoms with Crippen LogP contribution in [0.1, 0.15) is 47.0 Å². The lowest BCUT2D eigenvalue weighted by Crippen LogP contribution is -2.41. The van der Waals surface area contributed by atoms with E-state index in [-0.39, 0.29) is 11.8 Å². The number of carbonyl (C=O) groups excluding carboxylic acids is 1. The number of rotatable bonds is 8. The minimum absolute atomic E-state index is 0.0706. The molecule has 0 aliphatic carbocycles. The van der Waals surface area contributed by atoms with Gasteiger partial charge in [-0.25, -0.2) is 9.97 Å². The fourth-order valence-electron chi connectivity index (χ4n) is 4.35. The van der Waals surface area contributed by atoms with Crippen molar-refractivity contribution in [3.8, 4) is 11.3 Å². The minimum Gasteiger partial charge on any atom is -0.368 e. The van der Waals surface area contributed by atoms with Gasteiger partial charge < -0.3 is 15.5 Å². The summed E-state index contributed by atoms with van der Waals surface area (Å²) in [6.45, 7) is 10.9. The third kappa shape index (κ3) is 5.64. The van der Waals surface area contributed by atoms with Gasteiger partial charge in [0, 0.05) is 66.5 Å². The van der Waals surface area contributed by atoms with Crippen molar-refractivity contribution in [2.45, 2.75) is 53.0 Å². The van der Waals surface area contributed by atoms with Crippen LogP contribution in [0.2, 0.25) is 0 Å². The lowest BCUT2D eigenvalue weighted by atomic mass is 9.95. The fraction of sp³-hybridized carbons (Fsp3) is 0.481. The van der Waals surface area contributed by atoms with Crippen LogP contribution in [-0.2, 0) is 4.79 Å². The maximum Gasteiger partial charge on any atom is 0.223 e. The molecule has 1 amide bonds. The Hall–Kier alpha value is -3.22. The normalized spacial score (nSPS) is 15.5. The second-order valence-electron chi connectivity index (χ2n) is 9.68. The molecule has 1 fully saturated rings. The van der Waals surface area contributed by atoms with E-state index in [1.165, 1.54) is 0 Å². The highest BCUT2D eigenvalue weighted by molar-refractivity contribution is 5.94. The van der Waals surface area contributed by atoms with Crippen LogP contribution in [-0.4, -0.2) is 46.5 Å². The summed E-state index contributed by atoms with van der Waals surface area (Å²) in [5.41, 5.74) is 1.92. The number of nitrogens with one attached hydrogen (secondary N) is 2. The van der Waals surface area contributed by atoms with E-state index in [1.54, 1.807) is 0 Å². The lowest BCUT2D eigenvalue weighted by Gasteiger charge is -2.33. The summed E-state index contributed by atoms with van der Waals surface area (Å²) in [5, 5.41) is 8.66. The molecule has 0 spiro atoms. The van der Waals surface area contributed by atoms with Gasteiger partial charge in [0.15, 0.2) is 0 Å². The number of nitrogens with zero attached hydrogens (tertiary/aromatic N) is 4. The zero-order valence-electron chi connectivity index (χ0n) is 20.7. The summed E-state index contributed by atoms with van der Waals surface area (Å²) in [4.78, 5) is 28.9. The Morgan fingerprint density at radius 3 is 2.68 bits per heavy atom. The SMILES string of the molecule is CCC(C)CNC(=O)C1CCN(c2nc(-c3ccnc(NC(C)C)c3)cc3cnccc23)CC1. The molecule has 1 aliphatic rings. The predicted molar refractivity (Wildman–Crippen MR) is 139 cm³/mol. The number of pyridine rings is 3. The van der Waals surface area contributed by atoms with Gasteiger partial charge >= 0.3 is 0 Å². The molecule has 0 bridgehead atoms. The van der Waals surface area contributed by atoms with Crippen molar-refractivity contribution in [2.75, 3.05) is 29.9 Å². The maximum absolute atomic E-state index is 12.7. The molecule has 3 aromatic rings. The largest absolute Gasteiger partial charge is 0.368 e. The van der Waals surface area contributed by atoms with E-state index >= 15 is 0 Å². The molecule has 1 saturated heterocycles. The van der Waals surface area contributed by atoms with Crippen LogP contribution in [0.15, 0.2) is 42.9 Å². The Bertz CT molecular complexity index is 1120. The quantitative estimate of drug-likeness (QED) is 0.498. The number of amides is 1. The highest BCUT2D eigenvalue weighted by Crippen LogP contribution is 2.32. The second kappa shape index (κ2) is 10.8. The molecule has 1 unspecified atom stereocenters. The topological polar surface area (TPSA) is 83.0 Å². The molecule has 7 nitrogen and oxygen atoms in total. The van der Waals surface area contributed by atoms with E-state index in [9.17, 15) is 4.79 Å². The molecule has 1 aliphatic heterocycles. The molecule has 180 valence electrons. The van der Waals surface area contributed by atoms with Crippen LogP contribution in [0, 0.1) is 11.8 Å². The molecule has 0 aromatic carbocycles. The molecule has 4 heterocycles. The summed E-state index contributed by atoms with van der Waals surface area (Å²) < 4.78 is 0. The van der Waals surface area contributed by atoms with E-state index in [2.05, 4.69) is 59.3 Å². The number of aromatic nitrogens is 3. The average molecular weight is 461 g/mol. The van der Waals surface area contributed by atoms with Gasteiger partial charge in [-0.2, -0.15) is 0 Å². The zero-order valence-corrected chi connectivity index (χ0v) is 20.7. The van der Waals surface area contributed by atoms with Gasteiger partial charge in [-0.15, -0.1) is 0 Å². The van der Waals surface area contributed by atoms with E-state index in [1.807, 2.05) is 36.8 Å². The van der Waals surface area contributed by atoms with Gasteiger partial charge in [-0.3, -0.25) is 9.78 Å². The second-order valence-corrected chi connectivity index (χ2v) is 9.68. The molecule has 3 aromatic heterocycles. The minimum atomic E-state index is 0.0706. The molecular formula is C27H36N6O. The van der Waals surface area contributed by atoms with E-state index in [0.29, 0.717) is 12.0 Å². The zero-order chi connectivity index (χ0) is 24.1. The predicted octanol–water partition coefficient (Wildman–Crippen LogP) is 4.89. The summed E-state index contributed by atoms with van der Waals surface area (Å²) in [7, 11) is 0. The summed E-state index contributed by atoms with van der Waals surface area (Å²) in [5.74, 6) is 2.58. The first-order valence-corrected chi connectivity index (χ1v) is 12.4. The number of anilines is 2. The maximum atomic E-state index is 12.7. The monoisotopic (exact) mass is 460 g/mol. The van der Waals surface area contributed by atoms with Gasteiger partial charge in [0.25, 0.3) is 0 Å². The van der Waals surface area contributed by atoms with Crippen molar-refractivity contribution in [3.63, 3.8) is 0 Å². The number of piperidine rings is 1. The van der Waals surface area contributed by atoms with Crippen LogP contribution in [0.4, 0.5) is 11.6 Å². The van der Waals surface area contributed by atoms with Crippen molar-refractivity contribution < 1.29 is 4.79 Å². The van der Waals surface area contributed by atoms with Gasteiger partial charge in [-0.1, -0.05) is 20.3 Å². The average Bonchev–Trinajstić information content (AvgIpc) is 2.86. The van der Waals surface area contributed by atoms with E-state index in [0.717, 1.165) is 72.6 Å². The lowest BCUT2D eigenvalue weighted by molar-refractivity contribution is -0.125. The van der Waals surface area contributed by atoms with Gasteiger partial charge in [-0.05, 0) is 56.9 Å². The Morgan fingerprint density at radius 1 is 1.15 bits per heavy atom. The molecular weight excluding hydrogens is 424 g/mol. The van der Waals surface area contributed by atoms with Crippen LogP contribution < -0.4 is 15.5 Å². The third-order valence-corrected chi connectivity index (χ3v) is 6.59. The van der Waals surface area contributed by atoms with E-state index in [4.69, 9.17) is 4.98 Å². The highest BCUT2D eigenvalue weighted by Gasteiger charge is 2.27. The fourth-order valence-corrected chi connectivity index (χ4v) is 4.35. The van der Waals surface area contributed by atoms with Crippen molar-refractivity contribution in [3.05, 3.63) is 42.9 Å². The van der Waals surface area contributed by atoms with Gasteiger partial charge in [0.05, 0.1) is 5.69 Å². The Labute approximate surface area is 202 Å². The van der Waals surface area contributed by atoms with Crippen molar-refractivity contribution in [2.24, 2.45) is 11.8 Å². The standard InChI is InChI=1S/C27H36N6O/c1-5-19(4)16-30-27(34)20-8-12-33(13-9-20)26-23-7-10-28-17-22(23)14-24(32-26)21-6-11-29-25(15-21)31-18(2)3/h6-7,10-11,14-15,17-20H,5,8-9,12-13,16H2,1-4H3,(H,29,31)(H,30,34). The third-order valence-electron chi connectivity index (χ3n) is 6.59. The van der Waals surface area contributed by atoms with Crippen molar-refractivity contribution in [1.29, 1.82) is 0 Å². The number of carbonyl (C=O) groups is 1. The first kappa shape index (κ1) is 23.9. The Morgan fingerprint density at radius 2 is 1.94 bits per heavy atom. The Balaban J connectivity index is 1.56. The molecule has 0 saturated carbocycles. The number of hydrogen-bond donors (Lipinski definition) is 2. The first-order chi connectivity index (χ1) is 16.4. The smallest absolute Gasteiger partial charge is 0.223 e. The number of fused-ring (bicyclic) bond motifs is 1. The van der Waals surface area contributed by atoms with Crippen molar-refractivity contribution >= 4 is 28.3 Å². The Kier molecular flexibility index (Phi) is 7.60. The molecule has 0 radical (unpaired) electrons. The molecule has 1 atom stereocenters. The van der Waals surface area contributed by atoms with Crippen LogP contribution >= 0.6 is 0 Å². The van der Waals surface area contributed by atoms with E-state index < -0.39 is 0 Å². The molecule has 2 N–H and O–H groups in total. The van der Waals surface area contributed by atoms with Crippen LogP contribution in [0.25, 0.3) is 22.0 Å². The molecule has 4 rings (SSSR count). The summed E-state index contributed by atoms with van der Waals surface area (Å²) in [6, 6.07) is 8.46. The van der Waals surface area contributed by atoms with Crippen molar-refractivity contribution in [1.82, 2.24) is 20.3 Å². The summed E-state index contributed by atoms with van der Waals surface area (Å²) >= 11 is 0. The molecule has 7 heteroatoms.